The Labute approximate surface area is 89.5 Å². The van der Waals surface area contributed by atoms with Crippen LogP contribution in [0.25, 0.3) is 0 Å². The molecule has 1 aromatic heterocycles. The van der Waals surface area contributed by atoms with Gasteiger partial charge in [-0.15, -0.1) is 5.10 Å². The predicted octanol–water partition coefficient (Wildman–Crippen LogP) is 1.70. The summed E-state index contributed by atoms with van der Waals surface area (Å²) in [5, 5.41) is 11.5. The molecule has 15 heavy (non-hydrogen) atoms. The largest absolute Gasteiger partial charge is 0.350 e. The maximum atomic E-state index is 4.39. The average molecular weight is 204 g/mol. The summed E-state index contributed by atoms with van der Waals surface area (Å²) in [7, 11) is 0. The normalized spacial score (nSPS) is 32.5. The molecule has 0 aromatic carbocycles. The van der Waals surface area contributed by atoms with Gasteiger partial charge in [0.15, 0.2) is 0 Å². The summed E-state index contributed by atoms with van der Waals surface area (Å²) in [4.78, 5) is 4.39. The van der Waals surface area contributed by atoms with Crippen LogP contribution < -0.4 is 5.32 Å². The fourth-order valence-electron chi connectivity index (χ4n) is 2.53. The molecule has 2 aliphatic carbocycles. The highest BCUT2D eigenvalue weighted by Gasteiger charge is 2.45. The van der Waals surface area contributed by atoms with Crippen LogP contribution in [-0.2, 0) is 0 Å². The van der Waals surface area contributed by atoms with Gasteiger partial charge in [-0.3, -0.25) is 0 Å². The van der Waals surface area contributed by atoms with Crippen molar-refractivity contribution in [2.24, 2.45) is 11.8 Å². The maximum absolute atomic E-state index is 4.39. The summed E-state index contributed by atoms with van der Waals surface area (Å²) in [6.45, 7) is 3.91. The summed E-state index contributed by atoms with van der Waals surface area (Å²) in [5.74, 6) is 2.67. The fraction of sp³-hybridized carbons (Fsp3) is 0.727. The van der Waals surface area contributed by atoms with Crippen molar-refractivity contribution in [1.29, 1.82) is 0 Å². The second kappa shape index (κ2) is 3.15. The van der Waals surface area contributed by atoms with E-state index in [2.05, 4.69) is 20.5 Å². The highest BCUT2D eigenvalue weighted by atomic mass is 15.2. The van der Waals surface area contributed by atoms with Gasteiger partial charge in [0, 0.05) is 6.04 Å². The van der Waals surface area contributed by atoms with Crippen LogP contribution in [0.5, 0.6) is 0 Å². The van der Waals surface area contributed by atoms with Gasteiger partial charge in [0.1, 0.15) is 0 Å². The van der Waals surface area contributed by atoms with Crippen LogP contribution in [0.3, 0.4) is 0 Å². The van der Waals surface area contributed by atoms with Crippen LogP contribution in [0, 0.1) is 25.7 Å². The first-order valence-corrected chi connectivity index (χ1v) is 5.67. The van der Waals surface area contributed by atoms with Crippen molar-refractivity contribution in [3.05, 3.63) is 11.4 Å². The molecule has 2 aliphatic rings. The molecule has 0 bridgehead atoms. The third-order valence-electron chi connectivity index (χ3n) is 3.67. The van der Waals surface area contributed by atoms with Crippen molar-refractivity contribution in [1.82, 2.24) is 15.2 Å². The topological polar surface area (TPSA) is 50.7 Å². The molecule has 3 rings (SSSR count). The van der Waals surface area contributed by atoms with Gasteiger partial charge in [-0.2, -0.15) is 5.10 Å². The molecule has 2 saturated carbocycles. The molecule has 1 aromatic rings. The Balaban J connectivity index is 1.68. The van der Waals surface area contributed by atoms with E-state index in [0.29, 0.717) is 12.0 Å². The van der Waals surface area contributed by atoms with Gasteiger partial charge in [-0.25, -0.2) is 4.98 Å². The Bertz CT molecular complexity index is 380. The monoisotopic (exact) mass is 204 g/mol. The number of hydrogen-bond acceptors (Lipinski definition) is 4. The summed E-state index contributed by atoms with van der Waals surface area (Å²) in [5.41, 5.74) is 1.88. The SMILES string of the molecule is Cc1nnc(NC2CC3CC3C2)nc1C. The van der Waals surface area contributed by atoms with Crippen molar-refractivity contribution in [2.45, 2.75) is 39.2 Å². The number of nitrogens with zero attached hydrogens (tertiary/aromatic N) is 3. The summed E-state index contributed by atoms with van der Waals surface area (Å²) < 4.78 is 0. The molecule has 1 heterocycles. The number of aromatic nitrogens is 3. The Morgan fingerprint density at radius 2 is 1.73 bits per heavy atom. The fourth-order valence-corrected chi connectivity index (χ4v) is 2.53. The van der Waals surface area contributed by atoms with Crippen LogP contribution in [0.2, 0.25) is 0 Å². The first kappa shape index (κ1) is 9.07. The van der Waals surface area contributed by atoms with E-state index in [1.54, 1.807) is 0 Å². The van der Waals surface area contributed by atoms with Gasteiger partial charge in [-0.05, 0) is 44.9 Å². The molecule has 0 spiro atoms. The molecule has 1 N–H and O–H groups in total. The zero-order valence-electron chi connectivity index (χ0n) is 9.20. The lowest BCUT2D eigenvalue weighted by Crippen LogP contribution is -2.19. The number of fused-ring (bicyclic) bond motifs is 1. The van der Waals surface area contributed by atoms with E-state index in [0.717, 1.165) is 23.2 Å². The Morgan fingerprint density at radius 3 is 2.40 bits per heavy atom. The number of hydrogen-bond donors (Lipinski definition) is 1. The van der Waals surface area contributed by atoms with Crippen molar-refractivity contribution in [3.8, 4) is 0 Å². The van der Waals surface area contributed by atoms with E-state index in [4.69, 9.17) is 0 Å². The van der Waals surface area contributed by atoms with Crippen LogP contribution in [0.4, 0.5) is 5.95 Å². The number of rotatable bonds is 2. The Morgan fingerprint density at radius 1 is 1.00 bits per heavy atom. The van der Waals surface area contributed by atoms with Crippen molar-refractivity contribution in [2.75, 3.05) is 5.32 Å². The van der Waals surface area contributed by atoms with Gasteiger partial charge in [0.05, 0.1) is 11.4 Å². The smallest absolute Gasteiger partial charge is 0.243 e. The number of aryl methyl sites for hydroxylation is 2. The third-order valence-corrected chi connectivity index (χ3v) is 3.67. The molecule has 0 radical (unpaired) electrons. The Hall–Kier alpha value is -1.19. The molecule has 0 amide bonds. The van der Waals surface area contributed by atoms with E-state index < -0.39 is 0 Å². The summed E-state index contributed by atoms with van der Waals surface area (Å²) >= 11 is 0. The van der Waals surface area contributed by atoms with E-state index in [1.807, 2.05) is 13.8 Å². The van der Waals surface area contributed by atoms with Crippen LogP contribution in [0.1, 0.15) is 30.7 Å². The second-order valence-electron chi connectivity index (χ2n) is 4.87. The molecule has 80 valence electrons. The van der Waals surface area contributed by atoms with Crippen LogP contribution >= 0.6 is 0 Å². The lowest BCUT2D eigenvalue weighted by Gasteiger charge is -2.13. The first-order chi connectivity index (χ1) is 7.22. The molecule has 2 fully saturated rings. The highest BCUT2D eigenvalue weighted by molar-refractivity contribution is 5.27. The minimum atomic E-state index is 0.581. The van der Waals surface area contributed by atoms with Crippen molar-refractivity contribution >= 4 is 5.95 Å². The quantitative estimate of drug-likeness (QED) is 0.796. The minimum absolute atomic E-state index is 0.581. The zero-order chi connectivity index (χ0) is 10.4. The van der Waals surface area contributed by atoms with E-state index >= 15 is 0 Å². The predicted molar refractivity (Wildman–Crippen MR) is 57.5 cm³/mol. The minimum Gasteiger partial charge on any atom is -0.350 e. The van der Waals surface area contributed by atoms with Gasteiger partial charge >= 0.3 is 0 Å². The van der Waals surface area contributed by atoms with Crippen LogP contribution in [0.15, 0.2) is 0 Å². The molecular weight excluding hydrogens is 188 g/mol. The van der Waals surface area contributed by atoms with Crippen molar-refractivity contribution in [3.63, 3.8) is 0 Å². The molecule has 0 saturated heterocycles. The third kappa shape index (κ3) is 1.68. The molecule has 2 unspecified atom stereocenters. The van der Waals surface area contributed by atoms with Crippen molar-refractivity contribution < 1.29 is 0 Å². The maximum Gasteiger partial charge on any atom is 0.243 e. The highest BCUT2D eigenvalue weighted by Crippen LogP contribution is 2.52. The second-order valence-corrected chi connectivity index (χ2v) is 4.87. The first-order valence-electron chi connectivity index (χ1n) is 5.67. The van der Waals surface area contributed by atoms with Gasteiger partial charge in [0.2, 0.25) is 5.95 Å². The zero-order valence-corrected chi connectivity index (χ0v) is 9.20. The molecule has 2 atom stereocenters. The van der Waals surface area contributed by atoms with E-state index in [1.165, 1.54) is 19.3 Å². The Kier molecular flexibility index (Phi) is 1.90. The summed E-state index contributed by atoms with van der Waals surface area (Å²) in [6, 6.07) is 0.581. The molecule has 4 heteroatoms. The average Bonchev–Trinajstić information content (AvgIpc) is 2.81. The lowest BCUT2D eigenvalue weighted by atomic mass is 10.2. The van der Waals surface area contributed by atoms with Gasteiger partial charge in [0.25, 0.3) is 0 Å². The number of anilines is 1. The van der Waals surface area contributed by atoms with Crippen LogP contribution in [-0.4, -0.2) is 21.2 Å². The molecule has 0 aliphatic heterocycles. The lowest BCUT2D eigenvalue weighted by molar-refractivity contribution is 0.642. The van der Waals surface area contributed by atoms with Gasteiger partial charge in [-0.1, -0.05) is 0 Å². The van der Waals surface area contributed by atoms with E-state index in [-0.39, 0.29) is 0 Å². The molecular formula is C11H16N4. The van der Waals surface area contributed by atoms with E-state index in [9.17, 15) is 0 Å². The standard InChI is InChI=1S/C11H16N4/c1-6-7(2)14-15-11(12-6)13-10-4-8-3-9(8)5-10/h8-10H,3-5H2,1-2H3,(H,12,13,15). The number of nitrogens with one attached hydrogen (secondary N) is 1. The molecule has 4 nitrogen and oxygen atoms in total. The van der Waals surface area contributed by atoms with Gasteiger partial charge < -0.3 is 5.32 Å². The summed E-state index contributed by atoms with van der Waals surface area (Å²) in [6.07, 6.45) is 4.03.